The molecule has 1 aromatic heterocycles. The fraction of sp³-hybridized carbons (Fsp3) is 0.478. The van der Waals surface area contributed by atoms with Crippen molar-refractivity contribution in [2.75, 3.05) is 13.1 Å². The van der Waals surface area contributed by atoms with Crippen LogP contribution < -0.4 is 10.9 Å². The molecule has 1 aliphatic carbocycles. The molecule has 1 fully saturated rings. The molecule has 4 nitrogen and oxygen atoms in total. The Morgan fingerprint density at radius 2 is 1.97 bits per heavy atom. The Morgan fingerprint density at radius 3 is 2.65 bits per heavy atom. The van der Waals surface area contributed by atoms with Crippen LogP contribution in [0.1, 0.15) is 38.9 Å². The molecule has 0 spiro atoms. The number of benzene rings is 1. The van der Waals surface area contributed by atoms with E-state index in [1.165, 1.54) is 4.57 Å². The van der Waals surface area contributed by atoms with E-state index in [-0.39, 0.29) is 33.6 Å². The van der Waals surface area contributed by atoms with Crippen LogP contribution in [0, 0.1) is 11.8 Å². The summed E-state index contributed by atoms with van der Waals surface area (Å²) in [5, 5.41) is 3.68. The average molecular weight is 450 g/mol. The largest absolute Gasteiger partial charge is 0.405 e. The van der Waals surface area contributed by atoms with Crippen LogP contribution in [0.5, 0.6) is 0 Å². The number of hydrogen-bond acceptors (Lipinski definition) is 3. The molecule has 2 unspecified atom stereocenters. The van der Waals surface area contributed by atoms with E-state index in [4.69, 9.17) is 11.6 Å². The maximum atomic E-state index is 14.6. The third kappa shape index (κ3) is 2.85. The van der Waals surface area contributed by atoms with Gasteiger partial charge in [0.25, 0.3) is 5.56 Å². The molecule has 3 heterocycles. The van der Waals surface area contributed by atoms with Gasteiger partial charge in [0.05, 0.1) is 15.9 Å². The monoisotopic (exact) mass is 449 g/mol. The van der Waals surface area contributed by atoms with Gasteiger partial charge in [-0.3, -0.25) is 9.36 Å². The van der Waals surface area contributed by atoms with Crippen LogP contribution in [0.2, 0.25) is 5.02 Å². The van der Waals surface area contributed by atoms with Gasteiger partial charge in [-0.25, -0.2) is 0 Å². The first-order valence-electron chi connectivity index (χ1n) is 10.6. The van der Waals surface area contributed by atoms with E-state index in [0.29, 0.717) is 17.6 Å². The van der Waals surface area contributed by atoms with Crippen LogP contribution in [0.4, 0.5) is 13.2 Å². The van der Waals surface area contributed by atoms with Gasteiger partial charge in [0.1, 0.15) is 11.2 Å². The number of nitrogens with one attached hydrogen (secondary N) is 1. The number of allylic oxidation sites excluding steroid dienone is 4. The standard InChI is InChI=1S/C23H23ClF3N3O/c1-12-10-18-15(11-14(12)13-6-8-28-9-7-13)22(2,23(25,26)27)21-29-20(31)19-16(24)4-3-5-17(19)30(18)21/h3-5,11-13,28H,6-10H2,1-2H3. The molecule has 8 heteroatoms. The summed E-state index contributed by atoms with van der Waals surface area (Å²) in [6.07, 6.45) is -0.529. The van der Waals surface area contributed by atoms with Gasteiger partial charge in [-0.05, 0) is 68.8 Å². The van der Waals surface area contributed by atoms with Crippen molar-refractivity contribution in [1.82, 2.24) is 14.9 Å². The maximum Gasteiger partial charge on any atom is 0.405 e. The Hall–Kier alpha value is -2.12. The molecule has 2 aromatic rings. The third-order valence-electron chi connectivity index (χ3n) is 7.19. The van der Waals surface area contributed by atoms with Gasteiger partial charge in [-0.2, -0.15) is 18.2 Å². The van der Waals surface area contributed by atoms with E-state index in [9.17, 15) is 18.0 Å². The average Bonchev–Trinajstić information content (AvgIpc) is 2.97. The Balaban J connectivity index is 1.82. The van der Waals surface area contributed by atoms with E-state index in [1.807, 2.05) is 0 Å². The predicted octanol–water partition coefficient (Wildman–Crippen LogP) is 5.06. The minimum atomic E-state index is -4.60. The summed E-state index contributed by atoms with van der Waals surface area (Å²) in [4.78, 5) is 16.7. The van der Waals surface area contributed by atoms with Crippen molar-refractivity contribution in [3.8, 4) is 0 Å². The first kappa shape index (κ1) is 20.8. The molecular weight excluding hydrogens is 427 g/mol. The molecule has 2 aliphatic heterocycles. The summed E-state index contributed by atoms with van der Waals surface area (Å²) in [6, 6.07) is 4.87. The summed E-state index contributed by atoms with van der Waals surface area (Å²) in [6.45, 7) is 4.97. The summed E-state index contributed by atoms with van der Waals surface area (Å²) in [7, 11) is 0. The van der Waals surface area contributed by atoms with Crippen LogP contribution in [0.25, 0.3) is 16.6 Å². The van der Waals surface area contributed by atoms with E-state index in [2.05, 4.69) is 17.2 Å². The molecule has 1 N–H and O–H groups in total. The highest BCUT2D eigenvalue weighted by atomic mass is 35.5. The molecule has 2 atom stereocenters. The third-order valence-corrected chi connectivity index (χ3v) is 7.50. The molecule has 5 rings (SSSR count). The lowest BCUT2D eigenvalue weighted by Crippen LogP contribution is -2.42. The van der Waals surface area contributed by atoms with Gasteiger partial charge in [0.2, 0.25) is 0 Å². The van der Waals surface area contributed by atoms with E-state index in [0.717, 1.165) is 38.4 Å². The summed E-state index contributed by atoms with van der Waals surface area (Å²) >= 11 is 6.24. The second kappa shape index (κ2) is 6.94. The molecule has 0 bridgehead atoms. The van der Waals surface area contributed by atoms with Crippen LogP contribution in [0.3, 0.4) is 0 Å². The van der Waals surface area contributed by atoms with Crippen molar-refractivity contribution in [2.45, 2.75) is 44.7 Å². The fourth-order valence-corrected chi connectivity index (χ4v) is 5.72. The zero-order chi connectivity index (χ0) is 22.1. The zero-order valence-corrected chi connectivity index (χ0v) is 18.1. The highest BCUT2D eigenvalue weighted by molar-refractivity contribution is 6.35. The second-order valence-electron chi connectivity index (χ2n) is 8.97. The lowest BCUT2D eigenvalue weighted by Gasteiger charge is -2.35. The Kier molecular flexibility index (Phi) is 4.65. The minimum absolute atomic E-state index is 0.110. The Bertz CT molecular complexity index is 1210. The zero-order valence-electron chi connectivity index (χ0n) is 17.3. The van der Waals surface area contributed by atoms with Gasteiger partial charge in [-0.15, -0.1) is 0 Å². The van der Waals surface area contributed by atoms with Crippen molar-refractivity contribution in [3.05, 3.63) is 56.6 Å². The summed E-state index contributed by atoms with van der Waals surface area (Å²) in [5.41, 5.74) is -0.831. The fourth-order valence-electron chi connectivity index (χ4n) is 5.47. The first-order chi connectivity index (χ1) is 14.6. The number of halogens is 4. The van der Waals surface area contributed by atoms with E-state index < -0.39 is 17.2 Å². The van der Waals surface area contributed by atoms with Gasteiger partial charge >= 0.3 is 6.18 Å². The number of fused-ring (bicyclic) bond motifs is 4. The maximum absolute atomic E-state index is 14.6. The van der Waals surface area contributed by atoms with Gasteiger partial charge < -0.3 is 5.32 Å². The van der Waals surface area contributed by atoms with Crippen LogP contribution in [-0.4, -0.2) is 28.8 Å². The molecule has 31 heavy (non-hydrogen) atoms. The van der Waals surface area contributed by atoms with Crippen LogP contribution in [-0.2, 0) is 5.41 Å². The van der Waals surface area contributed by atoms with Crippen molar-refractivity contribution in [1.29, 1.82) is 0 Å². The number of piperidine rings is 1. The van der Waals surface area contributed by atoms with Gasteiger partial charge in [0.15, 0.2) is 0 Å². The highest BCUT2D eigenvalue weighted by Crippen LogP contribution is 2.56. The van der Waals surface area contributed by atoms with Crippen molar-refractivity contribution < 1.29 is 13.2 Å². The lowest BCUT2D eigenvalue weighted by atomic mass is 9.72. The molecule has 164 valence electrons. The van der Waals surface area contributed by atoms with Crippen molar-refractivity contribution in [3.63, 3.8) is 0 Å². The first-order valence-corrected chi connectivity index (χ1v) is 11.0. The quantitative estimate of drug-likeness (QED) is 0.662. The van der Waals surface area contributed by atoms with Crippen molar-refractivity contribution in [2.24, 2.45) is 11.8 Å². The van der Waals surface area contributed by atoms with Crippen molar-refractivity contribution >= 4 is 28.2 Å². The van der Waals surface area contributed by atoms with Crippen LogP contribution >= 0.6 is 11.6 Å². The van der Waals surface area contributed by atoms with E-state index in [1.54, 1.807) is 24.3 Å². The highest BCUT2D eigenvalue weighted by Gasteiger charge is 2.61. The number of aromatic nitrogens is 2. The number of rotatable bonds is 1. The molecule has 0 saturated carbocycles. The number of hydrogen-bond donors (Lipinski definition) is 1. The predicted molar refractivity (Wildman–Crippen MR) is 115 cm³/mol. The molecule has 1 aromatic carbocycles. The minimum Gasteiger partial charge on any atom is -0.317 e. The summed E-state index contributed by atoms with van der Waals surface area (Å²) in [5.74, 6) is 0.115. The SMILES string of the molecule is CC1CC2=C(C=C1C1CCNCC1)C(C)(C(F)(F)F)c1nc(=O)c3c(Cl)cccc3n12. The summed E-state index contributed by atoms with van der Waals surface area (Å²) < 4.78 is 45.4. The normalized spacial score (nSPS) is 26.8. The van der Waals surface area contributed by atoms with Crippen LogP contribution in [0.15, 0.2) is 40.2 Å². The molecule has 0 amide bonds. The molecule has 1 saturated heterocycles. The second-order valence-corrected chi connectivity index (χ2v) is 9.37. The lowest BCUT2D eigenvalue weighted by molar-refractivity contribution is -0.174. The smallest absolute Gasteiger partial charge is 0.317 e. The molecule has 3 aliphatic rings. The van der Waals surface area contributed by atoms with Gasteiger partial charge in [-0.1, -0.05) is 36.2 Å². The van der Waals surface area contributed by atoms with E-state index >= 15 is 0 Å². The Labute approximate surface area is 182 Å². The molecule has 0 radical (unpaired) electrons. The topological polar surface area (TPSA) is 46.9 Å². The Morgan fingerprint density at radius 1 is 1.26 bits per heavy atom. The number of alkyl halides is 3. The van der Waals surface area contributed by atoms with Gasteiger partial charge in [0, 0.05) is 5.70 Å². The number of nitrogens with zero attached hydrogens (tertiary/aromatic N) is 2. The molecular formula is C23H23ClF3N3O.